The highest BCUT2D eigenvalue weighted by molar-refractivity contribution is 5.25. The third-order valence-electron chi connectivity index (χ3n) is 3.44. The second-order valence-electron chi connectivity index (χ2n) is 6.13. The lowest BCUT2D eigenvalue weighted by Crippen LogP contribution is -2.36. The second-order valence-corrected chi connectivity index (χ2v) is 6.13. The standard InChI is InChI=1S/C18H31NO/c1-6-11-19-18(13-20-15(4)5)12-16-7-9-17(10-8-16)14(2)3/h7-10,14-15,18-19H,6,11-13H2,1-5H3. The Morgan fingerprint density at radius 1 is 1.05 bits per heavy atom. The monoisotopic (exact) mass is 277 g/mol. The van der Waals surface area contributed by atoms with E-state index < -0.39 is 0 Å². The molecule has 0 spiro atoms. The summed E-state index contributed by atoms with van der Waals surface area (Å²) in [5, 5.41) is 3.59. The SMILES string of the molecule is CCCNC(COC(C)C)Cc1ccc(C(C)C)cc1. The number of hydrogen-bond acceptors (Lipinski definition) is 2. The normalized spacial score (nSPS) is 13.2. The van der Waals surface area contributed by atoms with Crippen molar-refractivity contribution in [3.05, 3.63) is 35.4 Å². The Morgan fingerprint density at radius 3 is 2.20 bits per heavy atom. The molecule has 0 bridgehead atoms. The van der Waals surface area contributed by atoms with Gasteiger partial charge in [-0.05, 0) is 50.3 Å². The van der Waals surface area contributed by atoms with E-state index in [0.717, 1.165) is 26.0 Å². The molecular weight excluding hydrogens is 246 g/mol. The van der Waals surface area contributed by atoms with E-state index in [9.17, 15) is 0 Å². The topological polar surface area (TPSA) is 21.3 Å². The van der Waals surface area contributed by atoms with Crippen molar-refractivity contribution in [1.29, 1.82) is 0 Å². The first kappa shape index (κ1) is 17.2. The molecule has 0 radical (unpaired) electrons. The molecule has 0 aliphatic heterocycles. The van der Waals surface area contributed by atoms with E-state index in [4.69, 9.17) is 4.74 Å². The molecule has 2 heteroatoms. The van der Waals surface area contributed by atoms with Crippen LogP contribution in [0.2, 0.25) is 0 Å². The summed E-state index contributed by atoms with van der Waals surface area (Å²) in [5.74, 6) is 0.599. The predicted molar refractivity (Wildman–Crippen MR) is 87.4 cm³/mol. The molecule has 0 aliphatic rings. The summed E-state index contributed by atoms with van der Waals surface area (Å²) in [5.41, 5.74) is 2.79. The summed E-state index contributed by atoms with van der Waals surface area (Å²) in [6, 6.07) is 9.42. The predicted octanol–water partition coefficient (Wildman–Crippen LogP) is 4.15. The summed E-state index contributed by atoms with van der Waals surface area (Å²) in [6.07, 6.45) is 2.49. The molecule has 1 aromatic rings. The van der Waals surface area contributed by atoms with E-state index in [2.05, 4.69) is 64.2 Å². The Bertz CT molecular complexity index is 356. The Hall–Kier alpha value is -0.860. The van der Waals surface area contributed by atoms with Gasteiger partial charge in [-0.25, -0.2) is 0 Å². The average Bonchev–Trinajstić information content (AvgIpc) is 2.42. The Kier molecular flexibility index (Phi) is 7.86. The van der Waals surface area contributed by atoms with Gasteiger partial charge in [-0.15, -0.1) is 0 Å². The summed E-state index contributed by atoms with van der Waals surface area (Å²) in [4.78, 5) is 0. The molecule has 0 fully saturated rings. The van der Waals surface area contributed by atoms with Gasteiger partial charge in [0.2, 0.25) is 0 Å². The first-order chi connectivity index (χ1) is 9.52. The van der Waals surface area contributed by atoms with Crippen LogP contribution >= 0.6 is 0 Å². The summed E-state index contributed by atoms with van der Waals surface area (Å²) < 4.78 is 5.77. The number of nitrogens with one attached hydrogen (secondary N) is 1. The highest BCUT2D eigenvalue weighted by Gasteiger charge is 2.10. The van der Waals surface area contributed by atoms with E-state index in [1.165, 1.54) is 11.1 Å². The first-order valence-electron chi connectivity index (χ1n) is 7.96. The molecule has 0 aromatic heterocycles. The fourth-order valence-corrected chi connectivity index (χ4v) is 2.17. The van der Waals surface area contributed by atoms with E-state index in [1.54, 1.807) is 0 Å². The molecule has 114 valence electrons. The van der Waals surface area contributed by atoms with Crippen LogP contribution in [0, 0.1) is 0 Å². The van der Waals surface area contributed by atoms with Gasteiger partial charge in [0.1, 0.15) is 0 Å². The van der Waals surface area contributed by atoms with Gasteiger partial charge in [-0.3, -0.25) is 0 Å². The fraction of sp³-hybridized carbons (Fsp3) is 0.667. The molecule has 2 nitrogen and oxygen atoms in total. The lowest BCUT2D eigenvalue weighted by molar-refractivity contribution is 0.0613. The summed E-state index contributed by atoms with van der Waals surface area (Å²) in [7, 11) is 0. The molecule has 1 unspecified atom stereocenters. The minimum absolute atomic E-state index is 0.296. The molecule has 1 N–H and O–H groups in total. The van der Waals surface area contributed by atoms with Crippen LogP contribution in [-0.4, -0.2) is 25.3 Å². The van der Waals surface area contributed by atoms with Gasteiger partial charge < -0.3 is 10.1 Å². The van der Waals surface area contributed by atoms with Gasteiger partial charge in [-0.1, -0.05) is 45.0 Å². The van der Waals surface area contributed by atoms with Crippen LogP contribution in [0.25, 0.3) is 0 Å². The molecule has 1 rings (SSSR count). The maximum absolute atomic E-state index is 5.77. The van der Waals surface area contributed by atoms with Crippen molar-refractivity contribution in [2.75, 3.05) is 13.2 Å². The minimum Gasteiger partial charge on any atom is -0.377 e. The van der Waals surface area contributed by atoms with Crippen LogP contribution in [0.4, 0.5) is 0 Å². The molecular formula is C18H31NO. The third kappa shape index (κ3) is 6.53. The lowest BCUT2D eigenvalue weighted by atomic mass is 9.99. The second kappa shape index (κ2) is 9.15. The number of benzene rings is 1. The van der Waals surface area contributed by atoms with Crippen molar-refractivity contribution in [1.82, 2.24) is 5.32 Å². The summed E-state index contributed by atoms with van der Waals surface area (Å²) >= 11 is 0. The van der Waals surface area contributed by atoms with Crippen LogP contribution in [0.15, 0.2) is 24.3 Å². The van der Waals surface area contributed by atoms with Crippen LogP contribution in [-0.2, 0) is 11.2 Å². The molecule has 20 heavy (non-hydrogen) atoms. The molecule has 0 amide bonds. The van der Waals surface area contributed by atoms with Gasteiger partial charge in [0, 0.05) is 6.04 Å². The lowest BCUT2D eigenvalue weighted by Gasteiger charge is -2.20. The zero-order valence-corrected chi connectivity index (χ0v) is 13.8. The Balaban J connectivity index is 2.58. The van der Waals surface area contributed by atoms with E-state index in [-0.39, 0.29) is 0 Å². The summed E-state index contributed by atoms with van der Waals surface area (Å²) in [6.45, 7) is 12.7. The quantitative estimate of drug-likeness (QED) is 0.732. The van der Waals surface area contributed by atoms with Crippen LogP contribution in [0.5, 0.6) is 0 Å². The zero-order chi connectivity index (χ0) is 15.0. The molecule has 0 saturated heterocycles. The maximum atomic E-state index is 5.77. The van der Waals surface area contributed by atoms with Crippen LogP contribution in [0.1, 0.15) is 58.1 Å². The first-order valence-corrected chi connectivity index (χ1v) is 7.96. The molecule has 1 aromatic carbocycles. The van der Waals surface area contributed by atoms with E-state index >= 15 is 0 Å². The molecule has 0 aliphatic carbocycles. The van der Waals surface area contributed by atoms with Gasteiger partial charge in [-0.2, -0.15) is 0 Å². The van der Waals surface area contributed by atoms with E-state index in [1.807, 2.05) is 0 Å². The Labute approximate surface area is 124 Å². The van der Waals surface area contributed by atoms with E-state index in [0.29, 0.717) is 18.1 Å². The third-order valence-corrected chi connectivity index (χ3v) is 3.44. The smallest absolute Gasteiger partial charge is 0.0626 e. The largest absolute Gasteiger partial charge is 0.377 e. The van der Waals surface area contributed by atoms with Crippen LogP contribution < -0.4 is 5.32 Å². The van der Waals surface area contributed by atoms with Crippen molar-refractivity contribution in [3.8, 4) is 0 Å². The molecule has 1 atom stereocenters. The van der Waals surface area contributed by atoms with Gasteiger partial charge in [0.25, 0.3) is 0 Å². The van der Waals surface area contributed by atoms with Crippen molar-refractivity contribution >= 4 is 0 Å². The van der Waals surface area contributed by atoms with Crippen molar-refractivity contribution in [2.45, 2.75) is 65.5 Å². The highest BCUT2D eigenvalue weighted by atomic mass is 16.5. The average molecular weight is 277 g/mol. The van der Waals surface area contributed by atoms with Gasteiger partial charge >= 0.3 is 0 Å². The number of ether oxygens (including phenoxy) is 1. The van der Waals surface area contributed by atoms with Gasteiger partial charge in [0.05, 0.1) is 12.7 Å². The Morgan fingerprint density at radius 2 is 1.70 bits per heavy atom. The van der Waals surface area contributed by atoms with Gasteiger partial charge in [0.15, 0.2) is 0 Å². The highest BCUT2D eigenvalue weighted by Crippen LogP contribution is 2.15. The molecule has 0 heterocycles. The van der Waals surface area contributed by atoms with Crippen molar-refractivity contribution < 1.29 is 4.74 Å². The number of rotatable bonds is 9. The van der Waals surface area contributed by atoms with Crippen LogP contribution in [0.3, 0.4) is 0 Å². The molecule has 0 saturated carbocycles. The zero-order valence-electron chi connectivity index (χ0n) is 13.8. The minimum atomic E-state index is 0.296. The maximum Gasteiger partial charge on any atom is 0.0626 e. The fourth-order valence-electron chi connectivity index (χ4n) is 2.17. The van der Waals surface area contributed by atoms with Crippen molar-refractivity contribution in [3.63, 3.8) is 0 Å². The van der Waals surface area contributed by atoms with Crippen molar-refractivity contribution in [2.24, 2.45) is 0 Å². The number of hydrogen-bond donors (Lipinski definition) is 1.